The highest BCUT2D eigenvalue weighted by Crippen LogP contribution is 2.46. The Balaban J connectivity index is 1.86. The van der Waals surface area contributed by atoms with Crippen molar-refractivity contribution in [2.24, 2.45) is 5.84 Å². The van der Waals surface area contributed by atoms with Crippen molar-refractivity contribution in [2.75, 3.05) is 5.32 Å². The van der Waals surface area contributed by atoms with Gasteiger partial charge in [-0.2, -0.15) is 0 Å². The molecule has 1 aliphatic carbocycles. The molecule has 8 heteroatoms. The van der Waals surface area contributed by atoms with Crippen LogP contribution in [-0.4, -0.2) is 15.9 Å². The summed E-state index contributed by atoms with van der Waals surface area (Å²) in [5.74, 6) is 5.08. The minimum atomic E-state index is -0.435. The minimum absolute atomic E-state index is 0.297. The fourth-order valence-corrected chi connectivity index (χ4v) is 3.27. The standard InChI is InChI=1S/C15H15Cl2N5O/c16-10-2-3-11(12(17)6-10)15(4-1-5-15)21-14-19-7-9(8-20-14)13(23)22-18/h2-3,6-8H,1,4-5,18H2,(H,22,23)(H,19,20,21). The molecule has 0 aliphatic heterocycles. The minimum Gasteiger partial charge on any atom is -0.345 e. The van der Waals surface area contributed by atoms with Gasteiger partial charge in [0.15, 0.2) is 0 Å². The highest BCUT2D eigenvalue weighted by Gasteiger charge is 2.40. The van der Waals surface area contributed by atoms with E-state index in [1.165, 1.54) is 12.4 Å². The van der Waals surface area contributed by atoms with Crippen LogP contribution in [0.5, 0.6) is 0 Å². The molecule has 1 amide bonds. The second-order valence-electron chi connectivity index (χ2n) is 5.45. The monoisotopic (exact) mass is 351 g/mol. The first-order valence-corrected chi connectivity index (χ1v) is 7.86. The summed E-state index contributed by atoms with van der Waals surface area (Å²) in [5.41, 5.74) is 3.01. The van der Waals surface area contributed by atoms with E-state index >= 15 is 0 Å². The molecule has 1 fully saturated rings. The first-order valence-electron chi connectivity index (χ1n) is 7.11. The van der Waals surface area contributed by atoms with Crippen LogP contribution in [0.2, 0.25) is 10.0 Å². The van der Waals surface area contributed by atoms with E-state index < -0.39 is 5.91 Å². The largest absolute Gasteiger partial charge is 0.345 e. The van der Waals surface area contributed by atoms with Gasteiger partial charge in [0.05, 0.1) is 11.1 Å². The van der Waals surface area contributed by atoms with Crippen LogP contribution in [0, 0.1) is 0 Å². The molecule has 0 spiro atoms. The van der Waals surface area contributed by atoms with Crippen molar-refractivity contribution < 1.29 is 4.79 Å². The lowest BCUT2D eigenvalue weighted by molar-refractivity contribution is 0.0953. The molecule has 1 aromatic heterocycles. The Morgan fingerprint density at radius 2 is 1.91 bits per heavy atom. The van der Waals surface area contributed by atoms with Gasteiger partial charge in [-0.1, -0.05) is 29.3 Å². The van der Waals surface area contributed by atoms with Crippen LogP contribution >= 0.6 is 23.2 Å². The highest BCUT2D eigenvalue weighted by atomic mass is 35.5. The fourth-order valence-electron chi connectivity index (χ4n) is 2.68. The van der Waals surface area contributed by atoms with E-state index in [-0.39, 0.29) is 5.54 Å². The molecule has 0 atom stereocenters. The number of nitrogens with one attached hydrogen (secondary N) is 2. The number of nitrogens with zero attached hydrogens (tertiary/aromatic N) is 2. The normalized spacial score (nSPS) is 15.6. The SMILES string of the molecule is NNC(=O)c1cnc(NC2(c3ccc(Cl)cc3Cl)CCC2)nc1. The lowest BCUT2D eigenvalue weighted by atomic mass is 9.72. The van der Waals surface area contributed by atoms with Crippen LogP contribution in [-0.2, 0) is 5.54 Å². The second kappa shape index (κ2) is 6.31. The van der Waals surface area contributed by atoms with Gasteiger partial charge in [-0.15, -0.1) is 0 Å². The van der Waals surface area contributed by atoms with E-state index in [9.17, 15) is 4.79 Å². The summed E-state index contributed by atoms with van der Waals surface area (Å²) in [6, 6.07) is 5.48. The summed E-state index contributed by atoms with van der Waals surface area (Å²) < 4.78 is 0. The predicted octanol–water partition coefficient (Wildman–Crippen LogP) is 2.88. The third-order valence-electron chi connectivity index (χ3n) is 4.05. The Kier molecular flexibility index (Phi) is 4.39. The van der Waals surface area contributed by atoms with Crippen LogP contribution < -0.4 is 16.6 Å². The molecule has 23 heavy (non-hydrogen) atoms. The van der Waals surface area contributed by atoms with E-state index in [1.54, 1.807) is 6.07 Å². The first-order chi connectivity index (χ1) is 11.0. The van der Waals surface area contributed by atoms with Crippen LogP contribution in [0.25, 0.3) is 0 Å². The van der Waals surface area contributed by atoms with Gasteiger partial charge in [-0.05, 0) is 37.0 Å². The Bertz CT molecular complexity index is 731. The van der Waals surface area contributed by atoms with Gasteiger partial charge in [-0.25, -0.2) is 15.8 Å². The van der Waals surface area contributed by atoms with Crippen molar-refractivity contribution in [3.8, 4) is 0 Å². The number of hydrazine groups is 1. The molecule has 3 rings (SSSR count). The second-order valence-corrected chi connectivity index (χ2v) is 6.30. The Hall–Kier alpha value is -1.89. The van der Waals surface area contributed by atoms with Crippen molar-refractivity contribution in [3.63, 3.8) is 0 Å². The number of nitrogens with two attached hydrogens (primary N) is 1. The molecule has 120 valence electrons. The van der Waals surface area contributed by atoms with Gasteiger partial charge in [-0.3, -0.25) is 10.2 Å². The third-order valence-corrected chi connectivity index (χ3v) is 4.60. The van der Waals surface area contributed by atoms with Crippen molar-refractivity contribution in [1.82, 2.24) is 15.4 Å². The number of carbonyl (C=O) groups excluding carboxylic acids is 1. The Labute approximate surface area is 143 Å². The topological polar surface area (TPSA) is 92.9 Å². The lowest BCUT2D eigenvalue weighted by Crippen LogP contribution is -2.42. The summed E-state index contributed by atoms with van der Waals surface area (Å²) in [6.45, 7) is 0. The molecule has 0 radical (unpaired) electrons. The molecular formula is C15H15Cl2N5O. The summed E-state index contributed by atoms with van der Waals surface area (Å²) in [4.78, 5) is 19.8. The summed E-state index contributed by atoms with van der Waals surface area (Å²) >= 11 is 12.3. The van der Waals surface area contributed by atoms with Crippen molar-refractivity contribution >= 4 is 35.1 Å². The predicted molar refractivity (Wildman–Crippen MR) is 89.3 cm³/mol. The van der Waals surface area contributed by atoms with Gasteiger partial charge in [0.2, 0.25) is 5.95 Å². The number of aromatic nitrogens is 2. The van der Waals surface area contributed by atoms with Gasteiger partial charge < -0.3 is 5.32 Å². The molecule has 2 aromatic rings. The van der Waals surface area contributed by atoms with Gasteiger partial charge in [0.25, 0.3) is 5.91 Å². The highest BCUT2D eigenvalue weighted by molar-refractivity contribution is 6.35. The smallest absolute Gasteiger partial charge is 0.268 e. The van der Waals surface area contributed by atoms with Crippen molar-refractivity contribution in [1.29, 1.82) is 0 Å². The number of benzene rings is 1. The number of hydrogen-bond acceptors (Lipinski definition) is 5. The molecule has 0 bridgehead atoms. The lowest BCUT2D eigenvalue weighted by Gasteiger charge is -2.43. The molecular weight excluding hydrogens is 337 g/mol. The average Bonchev–Trinajstić information content (AvgIpc) is 2.51. The van der Waals surface area contributed by atoms with E-state index in [0.717, 1.165) is 24.8 Å². The zero-order chi connectivity index (χ0) is 16.4. The van der Waals surface area contributed by atoms with Crippen LogP contribution in [0.15, 0.2) is 30.6 Å². The van der Waals surface area contributed by atoms with Gasteiger partial charge in [0, 0.05) is 22.4 Å². The first kappa shape index (κ1) is 16.0. The molecule has 0 saturated heterocycles. The number of hydrogen-bond donors (Lipinski definition) is 3. The van der Waals surface area contributed by atoms with E-state index in [0.29, 0.717) is 21.6 Å². The number of anilines is 1. The molecule has 0 unspecified atom stereocenters. The fraction of sp³-hybridized carbons (Fsp3) is 0.267. The molecule has 1 heterocycles. The number of carbonyl (C=O) groups is 1. The van der Waals surface area contributed by atoms with Gasteiger partial charge >= 0.3 is 0 Å². The van der Waals surface area contributed by atoms with Crippen LogP contribution in [0.1, 0.15) is 35.2 Å². The van der Waals surface area contributed by atoms with Crippen LogP contribution in [0.3, 0.4) is 0 Å². The number of halogens is 2. The number of nitrogen functional groups attached to an aromatic ring is 1. The maximum absolute atomic E-state index is 11.4. The quantitative estimate of drug-likeness (QED) is 0.447. The maximum Gasteiger partial charge on any atom is 0.268 e. The van der Waals surface area contributed by atoms with Crippen molar-refractivity contribution in [3.05, 3.63) is 51.8 Å². The zero-order valence-electron chi connectivity index (χ0n) is 12.1. The van der Waals surface area contributed by atoms with E-state index in [4.69, 9.17) is 29.0 Å². The van der Waals surface area contributed by atoms with E-state index in [2.05, 4.69) is 15.3 Å². The van der Waals surface area contributed by atoms with Crippen LogP contribution in [0.4, 0.5) is 5.95 Å². The molecule has 6 nitrogen and oxygen atoms in total. The average molecular weight is 352 g/mol. The Morgan fingerprint density at radius 1 is 1.22 bits per heavy atom. The molecule has 1 aliphatic rings. The molecule has 4 N–H and O–H groups in total. The molecule has 1 saturated carbocycles. The van der Waals surface area contributed by atoms with E-state index in [1.807, 2.05) is 17.6 Å². The maximum atomic E-state index is 11.4. The van der Waals surface area contributed by atoms with Gasteiger partial charge in [0.1, 0.15) is 0 Å². The summed E-state index contributed by atoms with van der Waals surface area (Å²) in [5, 5.41) is 4.55. The zero-order valence-corrected chi connectivity index (χ0v) is 13.7. The number of amides is 1. The number of rotatable bonds is 4. The third kappa shape index (κ3) is 3.10. The molecule has 1 aromatic carbocycles. The summed E-state index contributed by atoms with van der Waals surface area (Å²) in [6.07, 6.45) is 5.77. The van der Waals surface area contributed by atoms with Crippen molar-refractivity contribution in [2.45, 2.75) is 24.8 Å². The Morgan fingerprint density at radius 3 is 2.43 bits per heavy atom. The summed E-state index contributed by atoms with van der Waals surface area (Å²) in [7, 11) is 0.